The maximum absolute atomic E-state index is 11.8. The van der Waals surface area contributed by atoms with Crippen LogP contribution in [0.25, 0.3) is 0 Å². The first kappa shape index (κ1) is 11.2. The lowest BCUT2D eigenvalue weighted by Gasteiger charge is -2.39. The van der Waals surface area contributed by atoms with Crippen molar-refractivity contribution in [3.05, 3.63) is 0 Å². The van der Waals surface area contributed by atoms with Crippen LogP contribution in [0.2, 0.25) is 0 Å². The van der Waals surface area contributed by atoms with Gasteiger partial charge in [-0.1, -0.05) is 0 Å². The first-order valence-corrected chi connectivity index (χ1v) is 5.66. The van der Waals surface area contributed by atoms with Gasteiger partial charge < -0.3 is 15.3 Å². The number of nitrogens with one attached hydrogen (secondary N) is 1. The number of carboxylic acid groups (broad SMARTS) is 1. The number of piperazine rings is 1. The van der Waals surface area contributed by atoms with E-state index in [9.17, 15) is 9.59 Å². The molecule has 2 aliphatic heterocycles. The number of piperidine rings is 1. The molecule has 2 heterocycles. The summed E-state index contributed by atoms with van der Waals surface area (Å²) in [7, 11) is 0. The van der Waals surface area contributed by atoms with Crippen molar-refractivity contribution in [2.24, 2.45) is 0 Å². The molecule has 0 radical (unpaired) electrons. The van der Waals surface area contributed by atoms with E-state index in [2.05, 4.69) is 5.32 Å². The molecule has 0 spiro atoms. The highest BCUT2D eigenvalue weighted by Crippen LogP contribution is 2.15. The molecule has 16 heavy (non-hydrogen) atoms. The highest BCUT2D eigenvalue weighted by atomic mass is 16.4. The van der Waals surface area contributed by atoms with Crippen LogP contribution >= 0.6 is 0 Å². The molecular weight excluding hydrogens is 210 g/mol. The van der Waals surface area contributed by atoms with E-state index in [-0.39, 0.29) is 12.5 Å². The quantitative estimate of drug-likeness (QED) is 0.637. The molecule has 2 amide bonds. The Labute approximate surface area is 94.2 Å². The largest absolute Gasteiger partial charge is 0.465 e. The Balaban J connectivity index is 1.93. The van der Waals surface area contributed by atoms with Crippen molar-refractivity contribution in [2.75, 3.05) is 32.7 Å². The van der Waals surface area contributed by atoms with Crippen molar-refractivity contribution in [1.82, 2.24) is 15.1 Å². The summed E-state index contributed by atoms with van der Waals surface area (Å²) in [4.78, 5) is 25.6. The molecule has 0 aromatic heterocycles. The highest BCUT2D eigenvalue weighted by molar-refractivity contribution is 5.83. The third kappa shape index (κ3) is 2.27. The van der Waals surface area contributed by atoms with Crippen molar-refractivity contribution >= 4 is 12.0 Å². The molecule has 90 valence electrons. The Morgan fingerprint density at radius 1 is 1.31 bits per heavy atom. The van der Waals surface area contributed by atoms with Gasteiger partial charge in [0.25, 0.3) is 0 Å². The van der Waals surface area contributed by atoms with Crippen molar-refractivity contribution in [3.63, 3.8) is 0 Å². The molecule has 6 nitrogen and oxygen atoms in total. The predicted octanol–water partition coefficient (Wildman–Crippen LogP) is -0.439. The smallest absolute Gasteiger partial charge is 0.407 e. The van der Waals surface area contributed by atoms with Crippen LogP contribution in [-0.4, -0.2) is 65.7 Å². The van der Waals surface area contributed by atoms with E-state index in [1.165, 1.54) is 4.90 Å². The van der Waals surface area contributed by atoms with Crippen LogP contribution in [0.4, 0.5) is 4.79 Å². The molecule has 0 atom stereocenters. The third-order valence-corrected chi connectivity index (χ3v) is 3.28. The Kier molecular flexibility index (Phi) is 3.28. The van der Waals surface area contributed by atoms with Gasteiger partial charge in [0, 0.05) is 19.1 Å². The number of amides is 2. The molecule has 0 aliphatic carbocycles. The fourth-order valence-electron chi connectivity index (χ4n) is 2.35. The van der Waals surface area contributed by atoms with Gasteiger partial charge in [-0.3, -0.25) is 9.69 Å². The second kappa shape index (κ2) is 4.69. The molecule has 2 N–H and O–H groups in total. The molecule has 0 saturated carbocycles. The summed E-state index contributed by atoms with van der Waals surface area (Å²) in [6.45, 7) is 2.87. The Hall–Kier alpha value is -1.30. The van der Waals surface area contributed by atoms with Gasteiger partial charge in [0.2, 0.25) is 5.91 Å². The molecular formula is C10H17N3O3. The second-order valence-corrected chi connectivity index (χ2v) is 4.27. The fourth-order valence-corrected chi connectivity index (χ4v) is 2.35. The molecule has 2 aliphatic rings. The van der Waals surface area contributed by atoms with Crippen LogP contribution in [-0.2, 0) is 4.79 Å². The van der Waals surface area contributed by atoms with Gasteiger partial charge in [-0.05, 0) is 25.9 Å². The molecule has 0 bridgehead atoms. The third-order valence-electron chi connectivity index (χ3n) is 3.28. The van der Waals surface area contributed by atoms with E-state index in [1.54, 1.807) is 0 Å². The summed E-state index contributed by atoms with van der Waals surface area (Å²) in [6, 6.07) is 0.296. The molecule has 2 saturated heterocycles. The van der Waals surface area contributed by atoms with E-state index >= 15 is 0 Å². The van der Waals surface area contributed by atoms with Crippen LogP contribution in [0.15, 0.2) is 0 Å². The highest BCUT2D eigenvalue weighted by Gasteiger charge is 2.31. The average molecular weight is 227 g/mol. The van der Waals surface area contributed by atoms with E-state index in [0.29, 0.717) is 19.1 Å². The molecule has 0 aromatic carbocycles. The predicted molar refractivity (Wildman–Crippen MR) is 57.2 cm³/mol. The molecule has 2 rings (SSSR count). The van der Waals surface area contributed by atoms with Crippen molar-refractivity contribution in [1.29, 1.82) is 0 Å². The average Bonchev–Trinajstić information content (AvgIpc) is 2.30. The summed E-state index contributed by atoms with van der Waals surface area (Å²) in [5.41, 5.74) is 0. The van der Waals surface area contributed by atoms with Crippen LogP contribution < -0.4 is 5.32 Å². The van der Waals surface area contributed by atoms with Crippen LogP contribution in [0.3, 0.4) is 0 Å². The summed E-state index contributed by atoms with van der Waals surface area (Å²) < 4.78 is 0. The van der Waals surface area contributed by atoms with Crippen molar-refractivity contribution < 1.29 is 14.7 Å². The zero-order valence-electron chi connectivity index (χ0n) is 9.19. The topological polar surface area (TPSA) is 72.9 Å². The number of carbonyl (C=O) groups excluding carboxylic acids is 1. The van der Waals surface area contributed by atoms with Crippen molar-refractivity contribution in [2.45, 2.75) is 18.9 Å². The number of hydrogen-bond acceptors (Lipinski definition) is 3. The van der Waals surface area contributed by atoms with E-state index in [0.717, 1.165) is 25.9 Å². The number of rotatable bonds is 1. The lowest BCUT2D eigenvalue weighted by Crippen LogP contribution is -2.56. The SMILES string of the molecule is O=C(O)N1CCN(C2CCNCC2)C(=O)C1. The monoisotopic (exact) mass is 227 g/mol. The fraction of sp³-hybridized carbons (Fsp3) is 0.800. The molecule has 6 heteroatoms. The van der Waals surface area contributed by atoms with E-state index in [1.807, 2.05) is 4.90 Å². The van der Waals surface area contributed by atoms with Gasteiger partial charge in [-0.15, -0.1) is 0 Å². The number of nitrogens with zero attached hydrogens (tertiary/aromatic N) is 2. The lowest BCUT2D eigenvalue weighted by molar-refractivity contribution is -0.138. The minimum absolute atomic E-state index is 0.0132. The van der Waals surface area contributed by atoms with Crippen molar-refractivity contribution in [3.8, 4) is 0 Å². The maximum atomic E-state index is 11.8. The zero-order chi connectivity index (χ0) is 11.5. The van der Waals surface area contributed by atoms with Gasteiger partial charge >= 0.3 is 6.09 Å². The Morgan fingerprint density at radius 2 is 2.00 bits per heavy atom. The van der Waals surface area contributed by atoms with E-state index < -0.39 is 6.09 Å². The van der Waals surface area contributed by atoms with Gasteiger partial charge in [0.1, 0.15) is 6.54 Å². The maximum Gasteiger partial charge on any atom is 0.407 e. The van der Waals surface area contributed by atoms with E-state index in [4.69, 9.17) is 5.11 Å². The zero-order valence-corrected chi connectivity index (χ0v) is 9.19. The van der Waals surface area contributed by atoms with Crippen LogP contribution in [0.5, 0.6) is 0 Å². The molecule has 0 unspecified atom stereocenters. The van der Waals surface area contributed by atoms with Crippen LogP contribution in [0.1, 0.15) is 12.8 Å². The summed E-state index contributed by atoms with van der Waals surface area (Å²) >= 11 is 0. The normalized spacial score (nSPS) is 23.6. The van der Waals surface area contributed by atoms with Gasteiger partial charge in [0.05, 0.1) is 0 Å². The Bertz CT molecular complexity index is 289. The van der Waals surface area contributed by atoms with Crippen LogP contribution in [0, 0.1) is 0 Å². The first-order chi connectivity index (χ1) is 7.68. The van der Waals surface area contributed by atoms with Gasteiger partial charge in [-0.25, -0.2) is 4.79 Å². The summed E-state index contributed by atoms with van der Waals surface area (Å²) in [6.07, 6.45) is 0.941. The minimum atomic E-state index is -1.00. The second-order valence-electron chi connectivity index (χ2n) is 4.27. The number of hydrogen-bond donors (Lipinski definition) is 2. The lowest BCUT2D eigenvalue weighted by atomic mass is 10.0. The van der Waals surface area contributed by atoms with Gasteiger partial charge in [-0.2, -0.15) is 0 Å². The first-order valence-electron chi connectivity index (χ1n) is 5.66. The van der Waals surface area contributed by atoms with Gasteiger partial charge in [0.15, 0.2) is 0 Å². The summed E-state index contributed by atoms with van der Waals surface area (Å²) in [5, 5.41) is 12.1. The number of carbonyl (C=O) groups is 2. The molecule has 2 fully saturated rings. The molecule has 0 aromatic rings. The standard InChI is InChI=1S/C10H17N3O3/c14-9-7-12(10(15)16)5-6-13(9)8-1-3-11-4-2-8/h8,11H,1-7H2,(H,15,16). The summed E-state index contributed by atoms with van der Waals surface area (Å²) in [5.74, 6) is -0.0550. The minimum Gasteiger partial charge on any atom is -0.465 e. The Morgan fingerprint density at radius 3 is 2.56 bits per heavy atom.